The second-order valence-corrected chi connectivity index (χ2v) is 9.97. The van der Waals surface area contributed by atoms with Crippen LogP contribution in [0.1, 0.15) is 67.0 Å². The topological polar surface area (TPSA) is 122 Å². The number of aryl methyl sites for hydroxylation is 2. The van der Waals surface area contributed by atoms with Crippen LogP contribution in [0.25, 0.3) is 0 Å². The minimum Gasteiger partial charge on any atom is -0.463 e. The van der Waals surface area contributed by atoms with Gasteiger partial charge in [0.25, 0.3) is 0 Å². The summed E-state index contributed by atoms with van der Waals surface area (Å²) in [6.07, 6.45) is 2.84. The largest absolute Gasteiger partial charge is 0.463 e. The molecule has 1 unspecified atom stereocenters. The zero-order valence-corrected chi connectivity index (χ0v) is 21.4. The fourth-order valence-electron chi connectivity index (χ4n) is 4.54. The van der Waals surface area contributed by atoms with E-state index in [-0.39, 0.29) is 29.4 Å². The molecule has 2 aromatic rings. The van der Waals surface area contributed by atoms with Crippen molar-refractivity contribution in [3.8, 4) is 12.1 Å². The number of benzene rings is 1. The van der Waals surface area contributed by atoms with Gasteiger partial charge in [0.1, 0.15) is 28.5 Å². The number of nitrogens with two attached hydrogens (primary N) is 1. The first-order valence-corrected chi connectivity index (χ1v) is 13.0. The second-order valence-electron chi connectivity index (χ2n) is 9.00. The maximum Gasteiger partial charge on any atom is 0.338 e. The number of thioether (sulfide) groups is 1. The van der Waals surface area contributed by atoms with E-state index in [4.69, 9.17) is 20.2 Å². The van der Waals surface area contributed by atoms with Crippen LogP contribution in [0.3, 0.4) is 0 Å². The van der Waals surface area contributed by atoms with Crippen molar-refractivity contribution in [3.05, 3.63) is 81.1 Å². The summed E-state index contributed by atoms with van der Waals surface area (Å²) in [6.45, 7) is 6.10. The number of allylic oxidation sites excluding steroid dienone is 1. The molecule has 0 amide bonds. The van der Waals surface area contributed by atoms with E-state index in [0.717, 1.165) is 41.6 Å². The lowest BCUT2D eigenvalue weighted by molar-refractivity contribution is -0.139. The maximum absolute atomic E-state index is 13.2. The van der Waals surface area contributed by atoms with E-state index in [2.05, 4.69) is 26.0 Å². The smallest absolute Gasteiger partial charge is 0.338 e. The van der Waals surface area contributed by atoms with Crippen LogP contribution in [0.5, 0.6) is 0 Å². The van der Waals surface area contributed by atoms with E-state index in [1.807, 2.05) is 30.3 Å². The highest BCUT2D eigenvalue weighted by Gasteiger charge is 2.37. The molecular weight excluding hydrogens is 472 g/mol. The number of pyridine rings is 1. The summed E-state index contributed by atoms with van der Waals surface area (Å²) in [5, 5.41) is 20.2. The van der Waals surface area contributed by atoms with Gasteiger partial charge in [0.05, 0.1) is 29.4 Å². The van der Waals surface area contributed by atoms with Gasteiger partial charge in [-0.25, -0.2) is 9.78 Å². The molecule has 4 rings (SSSR count). The molecule has 0 spiro atoms. The van der Waals surface area contributed by atoms with Crippen molar-refractivity contribution in [1.29, 1.82) is 10.5 Å². The molecule has 0 radical (unpaired) electrons. The maximum atomic E-state index is 13.2. The molecule has 1 aromatic carbocycles. The molecule has 1 atom stereocenters. The molecule has 184 valence electrons. The lowest BCUT2D eigenvalue weighted by Gasteiger charge is -2.28. The molecule has 7 nitrogen and oxygen atoms in total. The second kappa shape index (κ2) is 10.9. The summed E-state index contributed by atoms with van der Waals surface area (Å²) >= 11 is 1.31. The Hall–Kier alpha value is -3.75. The van der Waals surface area contributed by atoms with E-state index in [0.29, 0.717) is 22.3 Å². The van der Waals surface area contributed by atoms with Gasteiger partial charge in [-0.05, 0) is 54.9 Å². The van der Waals surface area contributed by atoms with E-state index in [1.54, 1.807) is 6.92 Å². The van der Waals surface area contributed by atoms with Crippen LogP contribution in [0.4, 0.5) is 0 Å². The van der Waals surface area contributed by atoms with Gasteiger partial charge in [-0.1, -0.05) is 49.9 Å². The predicted octanol–water partition coefficient (Wildman–Crippen LogP) is 4.98. The summed E-state index contributed by atoms with van der Waals surface area (Å²) in [5.74, 6) is -0.475. The molecule has 2 aliphatic rings. The number of nitriles is 2. The molecule has 2 heterocycles. The fraction of sp³-hybridized carbons (Fsp3) is 0.357. The number of rotatable bonds is 7. The number of aromatic nitrogens is 1. The van der Waals surface area contributed by atoms with E-state index < -0.39 is 11.9 Å². The number of nitrogens with zero attached hydrogens (tertiary/aromatic N) is 3. The highest BCUT2D eigenvalue weighted by atomic mass is 32.2. The van der Waals surface area contributed by atoms with Crippen LogP contribution >= 0.6 is 11.8 Å². The lowest BCUT2D eigenvalue weighted by atomic mass is 9.82. The summed E-state index contributed by atoms with van der Waals surface area (Å²) < 4.78 is 11.2. The third-order valence-electron chi connectivity index (χ3n) is 6.40. The molecular formula is C28H28N4O3S. The third kappa shape index (κ3) is 4.96. The van der Waals surface area contributed by atoms with Crippen molar-refractivity contribution in [1.82, 2.24) is 4.98 Å². The zero-order valence-electron chi connectivity index (χ0n) is 20.6. The van der Waals surface area contributed by atoms with Crippen LogP contribution in [0.2, 0.25) is 0 Å². The van der Waals surface area contributed by atoms with Crippen molar-refractivity contribution < 1.29 is 14.3 Å². The Morgan fingerprint density at radius 2 is 2.00 bits per heavy atom. The lowest BCUT2D eigenvalue weighted by Crippen LogP contribution is -2.27. The fourth-order valence-corrected chi connectivity index (χ4v) is 5.46. The van der Waals surface area contributed by atoms with Crippen LogP contribution in [0.15, 0.2) is 58.1 Å². The van der Waals surface area contributed by atoms with Crippen LogP contribution in [0, 0.1) is 22.7 Å². The Morgan fingerprint density at radius 1 is 1.25 bits per heavy atom. The summed E-state index contributed by atoms with van der Waals surface area (Å²) in [4.78, 5) is 17.9. The van der Waals surface area contributed by atoms with Gasteiger partial charge in [0.2, 0.25) is 5.88 Å². The highest BCUT2D eigenvalue weighted by Crippen LogP contribution is 2.41. The molecule has 0 fully saturated rings. The van der Waals surface area contributed by atoms with Crippen molar-refractivity contribution in [2.45, 2.75) is 56.9 Å². The molecule has 1 aliphatic heterocycles. The summed E-state index contributed by atoms with van der Waals surface area (Å²) in [5.41, 5.74) is 11.1. The van der Waals surface area contributed by atoms with Gasteiger partial charge in [-0.3, -0.25) is 0 Å². The first kappa shape index (κ1) is 25.3. The van der Waals surface area contributed by atoms with Gasteiger partial charge in [-0.2, -0.15) is 10.5 Å². The average molecular weight is 501 g/mol. The molecule has 8 heteroatoms. The van der Waals surface area contributed by atoms with Gasteiger partial charge in [0, 0.05) is 5.69 Å². The zero-order chi connectivity index (χ0) is 25.8. The van der Waals surface area contributed by atoms with Gasteiger partial charge >= 0.3 is 5.97 Å². The monoisotopic (exact) mass is 500 g/mol. The molecule has 1 aromatic heterocycles. The van der Waals surface area contributed by atoms with Gasteiger partial charge in [-0.15, -0.1) is 0 Å². The Kier molecular flexibility index (Phi) is 7.67. The molecule has 0 saturated carbocycles. The molecule has 0 saturated heterocycles. The Bertz CT molecular complexity index is 1330. The molecule has 2 N–H and O–H groups in total. The van der Waals surface area contributed by atoms with E-state index in [1.165, 1.54) is 11.8 Å². The molecule has 36 heavy (non-hydrogen) atoms. The first-order valence-electron chi connectivity index (χ1n) is 12.0. The van der Waals surface area contributed by atoms with E-state index in [9.17, 15) is 15.3 Å². The number of ether oxygens (including phenoxy) is 2. The van der Waals surface area contributed by atoms with Crippen molar-refractivity contribution >= 4 is 17.7 Å². The quantitative estimate of drug-likeness (QED) is 0.417. The Labute approximate surface area is 215 Å². The minimum absolute atomic E-state index is 0.0403. The van der Waals surface area contributed by atoms with Crippen LogP contribution in [-0.4, -0.2) is 23.3 Å². The number of carbonyl (C=O) groups excluding carboxylic acids is 1. The normalized spacial score (nSPS) is 16.9. The van der Waals surface area contributed by atoms with Crippen molar-refractivity contribution in [3.63, 3.8) is 0 Å². The number of hydrogen-bond donors (Lipinski definition) is 1. The van der Waals surface area contributed by atoms with Crippen molar-refractivity contribution in [2.75, 3.05) is 12.4 Å². The number of carbonyl (C=O) groups is 1. The third-order valence-corrected chi connectivity index (χ3v) is 7.40. The number of esters is 1. The highest BCUT2D eigenvalue weighted by molar-refractivity contribution is 7.99. The van der Waals surface area contributed by atoms with Crippen LogP contribution in [-0.2, 0) is 27.1 Å². The van der Waals surface area contributed by atoms with E-state index >= 15 is 0 Å². The van der Waals surface area contributed by atoms with Crippen LogP contribution < -0.4 is 5.73 Å². The number of hydrogen-bond acceptors (Lipinski definition) is 8. The Balaban J connectivity index is 1.76. The number of fused-ring (bicyclic) bond motifs is 1. The summed E-state index contributed by atoms with van der Waals surface area (Å²) in [6, 6.07) is 14.1. The average Bonchev–Trinajstić information content (AvgIpc) is 3.33. The minimum atomic E-state index is -0.719. The summed E-state index contributed by atoms with van der Waals surface area (Å²) in [7, 11) is 0. The first-order chi connectivity index (χ1) is 17.4. The van der Waals surface area contributed by atoms with Gasteiger partial charge in [0.15, 0.2) is 0 Å². The van der Waals surface area contributed by atoms with Gasteiger partial charge < -0.3 is 15.2 Å². The Morgan fingerprint density at radius 3 is 2.64 bits per heavy atom. The predicted molar refractivity (Wildman–Crippen MR) is 137 cm³/mol. The van der Waals surface area contributed by atoms with Crippen molar-refractivity contribution in [2.24, 2.45) is 5.73 Å². The standard InChI is InChI=1S/C28H28N4O3S/c1-4-34-28(33)25-23(15-36-27-20(13-29)12-19-6-5-7-22(19)32-27)35-26(31)21(14-30)24(25)18-10-8-17(9-11-18)16(2)3/h8-12,16,24H,4-7,15,31H2,1-3H3. The SMILES string of the molecule is CCOC(=O)C1=C(CSc2nc3c(cc2C#N)CCC3)OC(N)=C(C#N)C1c1ccc(C(C)C)cc1. The molecule has 0 bridgehead atoms. The molecule has 1 aliphatic carbocycles.